The normalized spacial score (nSPS) is 12.7. The fourth-order valence-corrected chi connectivity index (χ4v) is 1.06. The average molecular weight is 229 g/mol. The number of hydrogen-bond acceptors (Lipinski definition) is 3. The molecule has 0 saturated heterocycles. The molecule has 0 aliphatic carbocycles. The molecule has 0 radical (unpaired) electrons. The van der Waals surface area contributed by atoms with E-state index >= 15 is 0 Å². The molecule has 2 amide bonds. The number of carbonyl (C=O) groups excluding carboxylic acids is 2. The second-order valence-corrected chi connectivity index (χ2v) is 4.49. The summed E-state index contributed by atoms with van der Waals surface area (Å²) in [6, 6.07) is -0.157. The van der Waals surface area contributed by atoms with Crippen molar-refractivity contribution in [3.8, 4) is 0 Å². The molecule has 1 atom stereocenters. The van der Waals surface area contributed by atoms with Crippen molar-refractivity contribution in [2.45, 2.75) is 52.7 Å². The van der Waals surface area contributed by atoms with Crippen molar-refractivity contribution in [1.29, 1.82) is 0 Å². The van der Waals surface area contributed by atoms with Gasteiger partial charge in [-0.15, -0.1) is 0 Å². The van der Waals surface area contributed by atoms with Gasteiger partial charge in [-0.1, -0.05) is 13.8 Å². The Morgan fingerprint density at radius 1 is 0.938 bits per heavy atom. The molecule has 3 N–H and O–H groups in total. The van der Waals surface area contributed by atoms with E-state index in [-0.39, 0.29) is 30.4 Å². The summed E-state index contributed by atoms with van der Waals surface area (Å²) in [5.41, 5.74) is 0. The fourth-order valence-electron chi connectivity index (χ4n) is 1.06. The van der Waals surface area contributed by atoms with E-state index in [1.807, 2.05) is 27.7 Å². The van der Waals surface area contributed by atoms with E-state index in [2.05, 4.69) is 16.0 Å². The third-order valence-electron chi connectivity index (χ3n) is 1.87. The third kappa shape index (κ3) is 7.23. The molecule has 5 heteroatoms. The molecule has 0 bridgehead atoms. The zero-order valence-corrected chi connectivity index (χ0v) is 10.8. The first-order chi connectivity index (χ1) is 7.32. The molecule has 0 aromatic carbocycles. The largest absolute Gasteiger partial charge is 0.352 e. The van der Waals surface area contributed by atoms with Crippen LogP contribution in [0.5, 0.6) is 0 Å². The van der Waals surface area contributed by atoms with E-state index in [4.69, 9.17) is 0 Å². The first-order valence-electron chi connectivity index (χ1n) is 5.66. The lowest BCUT2D eigenvalue weighted by atomic mass is 10.2. The van der Waals surface area contributed by atoms with Crippen LogP contribution in [0.25, 0.3) is 0 Å². The van der Waals surface area contributed by atoms with Gasteiger partial charge in [-0.05, 0) is 20.8 Å². The highest BCUT2D eigenvalue weighted by Crippen LogP contribution is 1.85. The van der Waals surface area contributed by atoms with E-state index < -0.39 is 6.04 Å². The Morgan fingerprint density at radius 3 is 1.94 bits per heavy atom. The van der Waals surface area contributed by atoms with Gasteiger partial charge in [-0.2, -0.15) is 0 Å². The van der Waals surface area contributed by atoms with Crippen LogP contribution in [0.4, 0.5) is 0 Å². The molecule has 0 fully saturated rings. The van der Waals surface area contributed by atoms with Gasteiger partial charge in [-0.25, -0.2) is 0 Å². The van der Waals surface area contributed by atoms with Crippen molar-refractivity contribution in [3.05, 3.63) is 0 Å². The maximum atomic E-state index is 11.5. The topological polar surface area (TPSA) is 70.2 Å². The number of carbonyl (C=O) groups is 2. The quantitative estimate of drug-likeness (QED) is 0.601. The van der Waals surface area contributed by atoms with E-state index in [0.717, 1.165) is 0 Å². The van der Waals surface area contributed by atoms with Crippen LogP contribution in [-0.2, 0) is 9.59 Å². The predicted molar refractivity (Wildman–Crippen MR) is 64.0 cm³/mol. The summed E-state index contributed by atoms with van der Waals surface area (Å²) < 4.78 is 0. The van der Waals surface area contributed by atoms with Crippen LogP contribution in [0.1, 0.15) is 34.6 Å². The van der Waals surface area contributed by atoms with E-state index in [1.54, 1.807) is 6.92 Å². The minimum atomic E-state index is -0.496. The Bertz CT molecular complexity index is 239. The van der Waals surface area contributed by atoms with Gasteiger partial charge in [-0.3, -0.25) is 9.59 Å². The predicted octanol–water partition coefficient (Wildman–Crippen LogP) is 0.0137. The summed E-state index contributed by atoms with van der Waals surface area (Å²) >= 11 is 0. The minimum Gasteiger partial charge on any atom is -0.352 e. The maximum Gasteiger partial charge on any atom is 0.242 e. The van der Waals surface area contributed by atoms with Gasteiger partial charge in [0.05, 0.1) is 6.54 Å². The van der Waals surface area contributed by atoms with Crippen molar-refractivity contribution in [1.82, 2.24) is 16.0 Å². The van der Waals surface area contributed by atoms with E-state index in [1.165, 1.54) is 0 Å². The summed E-state index contributed by atoms with van der Waals surface area (Å²) in [4.78, 5) is 22.9. The molecular formula is C11H23N3O2. The SMILES string of the molecule is CC(C)NCC(=O)NC(C)C(=O)NC(C)C. The van der Waals surface area contributed by atoms with Crippen molar-refractivity contribution >= 4 is 11.8 Å². The Morgan fingerprint density at radius 2 is 1.50 bits per heavy atom. The Kier molecular flexibility index (Phi) is 6.72. The van der Waals surface area contributed by atoms with Gasteiger partial charge >= 0.3 is 0 Å². The Balaban J connectivity index is 3.90. The van der Waals surface area contributed by atoms with Crippen LogP contribution >= 0.6 is 0 Å². The fraction of sp³-hybridized carbons (Fsp3) is 0.818. The molecule has 0 heterocycles. The summed E-state index contributed by atoms with van der Waals surface area (Å²) in [5, 5.41) is 8.35. The summed E-state index contributed by atoms with van der Waals surface area (Å²) in [5.74, 6) is -0.326. The summed E-state index contributed by atoms with van der Waals surface area (Å²) in [6.45, 7) is 9.59. The van der Waals surface area contributed by atoms with Gasteiger partial charge in [0.25, 0.3) is 0 Å². The van der Waals surface area contributed by atoms with Crippen molar-refractivity contribution < 1.29 is 9.59 Å². The lowest BCUT2D eigenvalue weighted by molar-refractivity contribution is -0.128. The average Bonchev–Trinajstić information content (AvgIpc) is 2.13. The number of amides is 2. The highest BCUT2D eigenvalue weighted by molar-refractivity contribution is 5.88. The lowest BCUT2D eigenvalue weighted by Gasteiger charge is -2.16. The standard InChI is InChI=1S/C11H23N3O2/c1-7(2)12-6-10(15)14-9(5)11(16)13-8(3)4/h7-9,12H,6H2,1-5H3,(H,13,16)(H,14,15). The first kappa shape index (κ1) is 14.9. The smallest absolute Gasteiger partial charge is 0.242 e. The number of hydrogen-bond donors (Lipinski definition) is 3. The van der Waals surface area contributed by atoms with Crippen molar-refractivity contribution in [2.75, 3.05) is 6.54 Å². The molecule has 0 spiro atoms. The molecule has 16 heavy (non-hydrogen) atoms. The second-order valence-electron chi connectivity index (χ2n) is 4.49. The highest BCUT2D eigenvalue weighted by atomic mass is 16.2. The molecule has 0 rings (SSSR count). The van der Waals surface area contributed by atoms with Gasteiger partial charge in [0, 0.05) is 12.1 Å². The molecule has 0 aromatic rings. The van der Waals surface area contributed by atoms with Gasteiger partial charge in [0.15, 0.2) is 0 Å². The van der Waals surface area contributed by atoms with Crippen molar-refractivity contribution in [3.63, 3.8) is 0 Å². The Labute approximate surface area is 97.4 Å². The van der Waals surface area contributed by atoms with Crippen LogP contribution in [0.2, 0.25) is 0 Å². The first-order valence-corrected chi connectivity index (χ1v) is 5.66. The third-order valence-corrected chi connectivity index (χ3v) is 1.87. The number of nitrogens with one attached hydrogen (secondary N) is 3. The molecule has 0 aromatic heterocycles. The molecule has 5 nitrogen and oxygen atoms in total. The van der Waals surface area contributed by atoms with Gasteiger partial charge < -0.3 is 16.0 Å². The monoisotopic (exact) mass is 229 g/mol. The molecule has 0 saturated carbocycles. The second kappa shape index (κ2) is 7.22. The minimum absolute atomic E-state index is 0.0839. The summed E-state index contributed by atoms with van der Waals surface area (Å²) in [6.07, 6.45) is 0. The molecule has 1 unspecified atom stereocenters. The van der Waals surface area contributed by atoms with Crippen LogP contribution in [0.3, 0.4) is 0 Å². The zero-order chi connectivity index (χ0) is 12.7. The van der Waals surface area contributed by atoms with Crippen molar-refractivity contribution in [2.24, 2.45) is 0 Å². The highest BCUT2D eigenvalue weighted by Gasteiger charge is 2.15. The maximum absolute atomic E-state index is 11.5. The van der Waals surface area contributed by atoms with E-state index in [0.29, 0.717) is 0 Å². The molecular weight excluding hydrogens is 206 g/mol. The molecule has 0 aliphatic rings. The van der Waals surface area contributed by atoms with Gasteiger partial charge in [0.2, 0.25) is 11.8 Å². The van der Waals surface area contributed by atoms with Crippen LogP contribution < -0.4 is 16.0 Å². The zero-order valence-electron chi connectivity index (χ0n) is 10.8. The summed E-state index contributed by atoms with van der Waals surface area (Å²) in [7, 11) is 0. The van der Waals surface area contributed by atoms with Crippen LogP contribution in [0.15, 0.2) is 0 Å². The Hall–Kier alpha value is -1.10. The lowest BCUT2D eigenvalue weighted by Crippen LogP contribution is -2.49. The van der Waals surface area contributed by atoms with Gasteiger partial charge in [0.1, 0.15) is 6.04 Å². The van der Waals surface area contributed by atoms with Crippen LogP contribution in [0, 0.1) is 0 Å². The molecule has 94 valence electrons. The van der Waals surface area contributed by atoms with E-state index in [9.17, 15) is 9.59 Å². The number of rotatable bonds is 6. The van der Waals surface area contributed by atoms with Crippen LogP contribution in [-0.4, -0.2) is 36.5 Å². The molecule has 0 aliphatic heterocycles.